The first kappa shape index (κ1) is 18.8. The number of carbonyl (C=O) groups excluding carboxylic acids is 2. The number of hydrogen-bond donors (Lipinski definition) is 0. The summed E-state index contributed by atoms with van der Waals surface area (Å²) in [6, 6.07) is 6.04. The van der Waals surface area contributed by atoms with E-state index in [0.717, 1.165) is 11.3 Å². The van der Waals surface area contributed by atoms with Crippen LogP contribution in [0.25, 0.3) is 10.7 Å². The van der Waals surface area contributed by atoms with Gasteiger partial charge in [-0.2, -0.15) is 18.2 Å². The first-order valence-electron chi connectivity index (χ1n) is 7.66. The van der Waals surface area contributed by atoms with Crippen LogP contribution in [0.5, 0.6) is 0 Å². The fourth-order valence-corrected chi connectivity index (χ4v) is 3.14. The molecule has 0 aliphatic heterocycles. The van der Waals surface area contributed by atoms with E-state index in [-0.39, 0.29) is 24.7 Å². The molecule has 7 nitrogen and oxygen atoms in total. The number of ketones is 1. The van der Waals surface area contributed by atoms with Crippen molar-refractivity contribution in [1.29, 1.82) is 0 Å². The number of alkyl halides is 3. The van der Waals surface area contributed by atoms with Gasteiger partial charge in [0.05, 0.1) is 17.7 Å². The Labute approximate surface area is 154 Å². The highest BCUT2D eigenvalue weighted by Crippen LogP contribution is 2.32. The largest absolute Gasteiger partial charge is 0.471 e. The molecule has 27 heavy (non-hydrogen) atoms. The third kappa shape index (κ3) is 4.08. The van der Waals surface area contributed by atoms with Crippen LogP contribution in [0, 0.1) is 0 Å². The van der Waals surface area contributed by atoms with Gasteiger partial charge < -0.3 is 13.8 Å². The highest BCUT2D eigenvalue weighted by molar-refractivity contribution is 7.15. The minimum absolute atomic E-state index is 0.0585. The molecule has 0 radical (unpaired) electrons. The summed E-state index contributed by atoms with van der Waals surface area (Å²) in [5.74, 6) is -3.19. The van der Waals surface area contributed by atoms with Gasteiger partial charge in [0, 0.05) is 11.4 Å². The van der Waals surface area contributed by atoms with Gasteiger partial charge in [-0.1, -0.05) is 5.16 Å². The normalized spacial score (nSPS) is 11.6. The molecule has 0 aliphatic rings. The Morgan fingerprint density at radius 1 is 1.26 bits per heavy atom. The van der Waals surface area contributed by atoms with E-state index in [0.29, 0.717) is 9.75 Å². The van der Waals surface area contributed by atoms with E-state index in [4.69, 9.17) is 4.42 Å². The van der Waals surface area contributed by atoms with Crippen molar-refractivity contribution < 1.29 is 31.7 Å². The molecule has 0 N–H and O–H groups in total. The van der Waals surface area contributed by atoms with Crippen LogP contribution in [-0.2, 0) is 17.5 Å². The van der Waals surface area contributed by atoms with Gasteiger partial charge in [0.15, 0.2) is 5.76 Å². The predicted octanol–water partition coefficient (Wildman–Crippen LogP) is 3.64. The number of likely N-dealkylation sites (N-methyl/N-ethyl adjacent to an activating group) is 1. The maximum Gasteiger partial charge on any atom is 0.471 e. The Morgan fingerprint density at radius 3 is 2.63 bits per heavy atom. The molecule has 0 saturated heterocycles. The quantitative estimate of drug-likeness (QED) is 0.464. The van der Waals surface area contributed by atoms with Crippen molar-refractivity contribution in [2.45, 2.75) is 19.6 Å². The average Bonchev–Trinajstić information content (AvgIpc) is 3.38. The van der Waals surface area contributed by atoms with Crippen LogP contribution < -0.4 is 0 Å². The Bertz CT molecular complexity index is 946. The van der Waals surface area contributed by atoms with Crippen LogP contribution in [-0.4, -0.2) is 33.3 Å². The summed E-state index contributed by atoms with van der Waals surface area (Å²) in [5, 5.41) is 3.32. The minimum atomic E-state index is -4.72. The van der Waals surface area contributed by atoms with Gasteiger partial charge in [0.1, 0.15) is 0 Å². The molecule has 0 bridgehead atoms. The standard InChI is InChI=1S/C16H12F3N3O4S/c1-2-22(14(24)12(23)10-4-3-7-25-10)8-9-5-6-11(27-9)13-20-15(26-21-13)16(17,18)19/h3-7H,2,8H2,1H3. The predicted molar refractivity (Wildman–Crippen MR) is 86.7 cm³/mol. The molecule has 11 heteroatoms. The number of carbonyl (C=O) groups is 2. The van der Waals surface area contributed by atoms with E-state index in [1.54, 1.807) is 13.0 Å². The number of rotatable bonds is 6. The molecule has 0 atom stereocenters. The molecule has 3 aromatic heterocycles. The van der Waals surface area contributed by atoms with Gasteiger partial charge >= 0.3 is 12.1 Å². The van der Waals surface area contributed by atoms with Crippen molar-refractivity contribution >= 4 is 23.0 Å². The number of nitrogens with zero attached hydrogens (tertiary/aromatic N) is 3. The molecule has 0 aromatic carbocycles. The number of amides is 1. The summed E-state index contributed by atoms with van der Waals surface area (Å²) < 4.78 is 46.8. The second-order valence-electron chi connectivity index (χ2n) is 5.31. The van der Waals surface area contributed by atoms with E-state index < -0.39 is 23.8 Å². The van der Waals surface area contributed by atoms with Gasteiger partial charge in [-0.15, -0.1) is 11.3 Å². The van der Waals surface area contributed by atoms with Crippen LogP contribution in [0.3, 0.4) is 0 Å². The van der Waals surface area contributed by atoms with Gasteiger partial charge in [-0.25, -0.2) is 0 Å². The molecule has 0 saturated carbocycles. The summed E-state index contributed by atoms with van der Waals surface area (Å²) in [6.07, 6.45) is -3.43. The lowest BCUT2D eigenvalue weighted by Gasteiger charge is -2.18. The third-order valence-corrected chi connectivity index (χ3v) is 4.57. The number of Topliss-reactive ketones (excluding diaryl/α,β-unsaturated/α-hetero) is 1. The minimum Gasteiger partial charge on any atom is -0.461 e. The van der Waals surface area contributed by atoms with Crippen LogP contribution in [0.2, 0.25) is 0 Å². The second kappa shape index (κ2) is 7.35. The molecule has 0 aliphatic carbocycles. The average molecular weight is 399 g/mol. The second-order valence-corrected chi connectivity index (χ2v) is 6.48. The smallest absolute Gasteiger partial charge is 0.461 e. The Kier molecular flexibility index (Phi) is 5.13. The zero-order valence-corrected chi connectivity index (χ0v) is 14.6. The van der Waals surface area contributed by atoms with Crippen LogP contribution in [0.4, 0.5) is 13.2 Å². The van der Waals surface area contributed by atoms with Crippen molar-refractivity contribution in [2.24, 2.45) is 0 Å². The maximum atomic E-state index is 12.5. The molecule has 3 heterocycles. The molecule has 3 rings (SSSR count). The van der Waals surface area contributed by atoms with E-state index in [2.05, 4.69) is 14.7 Å². The number of aromatic nitrogens is 2. The first-order chi connectivity index (χ1) is 12.8. The zero-order valence-electron chi connectivity index (χ0n) is 13.8. The van der Waals surface area contributed by atoms with E-state index in [1.807, 2.05) is 0 Å². The van der Waals surface area contributed by atoms with Crippen LogP contribution in [0.1, 0.15) is 28.2 Å². The number of halogens is 3. The monoisotopic (exact) mass is 399 g/mol. The highest BCUT2D eigenvalue weighted by Gasteiger charge is 2.38. The third-order valence-electron chi connectivity index (χ3n) is 3.51. The van der Waals surface area contributed by atoms with Gasteiger partial charge in [0.25, 0.3) is 11.7 Å². The molecule has 142 valence electrons. The number of hydrogen-bond acceptors (Lipinski definition) is 7. The van der Waals surface area contributed by atoms with Crippen molar-refractivity contribution in [2.75, 3.05) is 6.54 Å². The van der Waals surface area contributed by atoms with Crippen molar-refractivity contribution in [3.8, 4) is 10.7 Å². The topological polar surface area (TPSA) is 89.4 Å². The molecule has 0 fully saturated rings. The molecular formula is C16H12F3N3O4S. The summed E-state index contributed by atoms with van der Waals surface area (Å²) in [7, 11) is 0. The van der Waals surface area contributed by atoms with Crippen molar-refractivity contribution in [3.05, 3.63) is 47.1 Å². The molecule has 0 unspecified atom stereocenters. The molecule has 3 aromatic rings. The van der Waals surface area contributed by atoms with Gasteiger partial charge in [0.2, 0.25) is 5.82 Å². The lowest BCUT2D eigenvalue weighted by molar-refractivity contribution is -0.159. The summed E-state index contributed by atoms with van der Waals surface area (Å²) in [4.78, 5) is 30.0. The molecular weight excluding hydrogens is 387 g/mol. The Morgan fingerprint density at radius 2 is 2.04 bits per heavy atom. The van der Waals surface area contributed by atoms with Crippen molar-refractivity contribution in [3.63, 3.8) is 0 Å². The van der Waals surface area contributed by atoms with Gasteiger partial charge in [-0.05, 0) is 31.2 Å². The summed E-state index contributed by atoms with van der Waals surface area (Å²) >= 11 is 1.10. The molecule has 0 spiro atoms. The summed E-state index contributed by atoms with van der Waals surface area (Å²) in [6.45, 7) is 2.08. The lowest BCUT2D eigenvalue weighted by atomic mass is 10.2. The maximum absolute atomic E-state index is 12.5. The van der Waals surface area contributed by atoms with E-state index in [9.17, 15) is 22.8 Å². The number of thiophene rings is 1. The SMILES string of the molecule is CCN(Cc1ccc(-c2noc(C(F)(F)F)n2)s1)C(=O)C(=O)c1ccco1. The number of furan rings is 1. The lowest BCUT2D eigenvalue weighted by Crippen LogP contribution is -2.35. The summed E-state index contributed by atoms with van der Waals surface area (Å²) in [5.41, 5.74) is 0. The van der Waals surface area contributed by atoms with E-state index in [1.165, 1.54) is 29.4 Å². The Hall–Kier alpha value is -2.95. The molecule has 1 amide bonds. The van der Waals surface area contributed by atoms with Crippen LogP contribution >= 0.6 is 11.3 Å². The fraction of sp³-hybridized carbons (Fsp3) is 0.250. The Balaban J connectivity index is 1.73. The van der Waals surface area contributed by atoms with Crippen molar-refractivity contribution in [1.82, 2.24) is 15.0 Å². The fourth-order valence-electron chi connectivity index (χ4n) is 2.19. The van der Waals surface area contributed by atoms with Gasteiger partial charge in [-0.3, -0.25) is 9.59 Å². The first-order valence-corrected chi connectivity index (χ1v) is 8.48. The highest BCUT2D eigenvalue weighted by atomic mass is 32.1. The van der Waals surface area contributed by atoms with E-state index >= 15 is 0 Å². The van der Waals surface area contributed by atoms with Crippen LogP contribution in [0.15, 0.2) is 39.5 Å². The zero-order chi connectivity index (χ0) is 19.6.